The maximum Gasteiger partial charge on any atom is 0.349 e. The number of hydrogen-bond donors (Lipinski definition) is 3. The Bertz CT molecular complexity index is 2390. The summed E-state index contributed by atoms with van der Waals surface area (Å²) >= 11 is 0. The number of nitrogens with zero attached hydrogens (tertiary/aromatic N) is 5. The molecule has 0 unspecified atom stereocenters. The summed E-state index contributed by atoms with van der Waals surface area (Å²) < 4.78 is 41.6. The normalized spacial score (nSPS) is 18.8. The summed E-state index contributed by atoms with van der Waals surface area (Å²) in [6, 6.07) is 11.0. The summed E-state index contributed by atoms with van der Waals surface area (Å²) in [5.41, 5.74) is 0.913. The minimum atomic E-state index is -0.941. The van der Waals surface area contributed by atoms with Gasteiger partial charge >= 0.3 is 11.6 Å². The lowest BCUT2D eigenvalue weighted by Gasteiger charge is -2.30. The monoisotopic (exact) mass is 675 g/mol. The Kier molecular flexibility index (Phi) is 7.68. The summed E-state index contributed by atoms with van der Waals surface area (Å²) in [5.74, 6) is 2.39. The first-order valence-corrected chi connectivity index (χ1v) is 16.2. The van der Waals surface area contributed by atoms with Gasteiger partial charge in [0.1, 0.15) is 47.0 Å². The van der Waals surface area contributed by atoms with Crippen molar-refractivity contribution in [2.75, 3.05) is 25.0 Å². The fourth-order valence-electron chi connectivity index (χ4n) is 7.34. The highest BCUT2D eigenvalue weighted by Gasteiger charge is 2.49. The number of benzene rings is 2. The van der Waals surface area contributed by atoms with Gasteiger partial charge in [0.25, 0.3) is 0 Å². The first-order chi connectivity index (χ1) is 24.2. The van der Waals surface area contributed by atoms with Gasteiger partial charge in [0.2, 0.25) is 0 Å². The number of aromatic amines is 1. The van der Waals surface area contributed by atoms with E-state index in [9.17, 15) is 18.7 Å². The van der Waals surface area contributed by atoms with E-state index in [0.717, 1.165) is 19.4 Å². The minimum absolute atomic E-state index is 0.0157. The number of terminal acetylenes is 1. The number of fused-ring (bicyclic) bond motifs is 3. The zero-order valence-electron chi connectivity index (χ0n) is 27.0. The molecule has 2 aromatic carbocycles. The SMILES string of the molecule is C#Cc1c(F)ccc2cc(O)cc(-c3oc(=O)c4c(NCc5cnc(-c6ccccn6)[nH]5)nc(OC[C@@]56CCCN5C[C@H](F)C6)nc4c3C)c12. The van der Waals surface area contributed by atoms with E-state index in [1.165, 1.54) is 24.3 Å². The van der Waals surface area contributed by atoms with Crippen LogP contribution < -0.4 is 15.7 Å². The molecule has 2 saturated heterocycles. The number of imidazole rings is 1. The van der Waals surface area contributed by atoms with Crippen LogP contribution in [0.15, 0.2) is 64.1 Å². The third-order valence-corrected chi connectivity index (χ3v) is 9.64. The zero-order valence-corrected chi connectivity index (χ0v) is 27.0. The molecule has 2 fully saturated rings. The van der Waals surface area contributed by atoms with Crippen LogP contribution in [-0.4, -0.2) is 66.3 Å². The van der Waals surface area contributed by atoms with Crippen molar-refractivity contribution < 1.29 is 23.0 Å². The van der Waals surface area contributed by atoms with Crippen molar-refractivity contribution in [3.05, 3.63) is 87.9 Å². The van der Waals surface area contributed by atoms with Crippen molar-refractivity contribution >= 4 is 27.5 Å². The molecule has 0 bridgehead atoms. The van der Waals surface area contributed by atoms with Gasteiger partial charge < -0.3 is 24.6 Å². The summed E-state index contributed by atoms with van der Waals surface area (Å²) in [4.78, 5) is 37.3. The molecule has 8 rings (SSSR count). The molecule has 50 heavy (non-hydrogen) atoms. The molecule has 0 amide bonds. The van der Waals surface area contributed by atoms with E-state index in [4.69, 9.17) is 15.6 Å². The molecule has 0 aliphatic carbocycles. The fraction of sp³-hybridized carbons (Fsp3) is 0.270. The number of aromatic nitrogens is 5. The van der Waals surface area contributed by atoms with Gasteiger partial charge in [-0.15, -0.1) is 6.42 Å². The molecule has 0 spiro atoms. The highest BCUT2D eigenvalue weighted by molar-refractivity contribution is 6.03. The van der Waals surface area contributed by atoms with Gasteiger partial charge in [-0.1, -0.05) is 18.1 Å². The Hall–Kier alpha value is -5.87. The smallest absolute Gasteiger partial charge is 0.349 e. The predicted molar refractivity (Wildman–Crippen MR) is 183 cm³/mol. The Labute approximate surface area is 284 Å². The Morgan fingerprint density at radius 3 is 2.92 bits per heavy atom. The Morgan fingerprint density at radius 1 is 1.22 bits per heavy atom. The van der Waals surface area contributed by atoms with Crippen molar-refractivity contribution in [2.45, 2.75) is 44.4 Å². The number of aromatic hydroxyl groups is 1. The van der Waals surface area contributed by atoms with Gasteiger partial charge in [0.15, 0.2) is 5.82 Å². The highest BCUT2D eigenvalue weighted by atomic mass is 19.1. The molecule has 3 N–H and O–H groups in total. The average molecular weight is 676 g/mol. The number of ether oxygens (including phenoxy) is 1. The molecule has 11 nitrogen and oxygen atoms in total. The van der Waals surface area contributed by atoms with Gasteiger partial charge in [-0.05, 0) is 62.0 Å². The van der Waals surface area contributed by atoms with E-state index in [2.05, 4.69) is 41.1 Å². The lowest BCUT2D eigenvalue weighted by atomic mass is 9.95. The Morgan fingerprint density at radius 2 is 2.10 bits per heavy atom. The highest BCUT2D eigenvalue weighted by Crippen LogP contribution is 2.41. The van der Waals surface area contributed by atoms with Crippen LogP contribution in [0.3, 0.4) is 0 Å². The van der Waals surface area contributed by atoms with E-state index < -0.39 is 23.2 Å². The number of aryl methyl sites for hydroxylation is 1. The molecule has 2 aliphatic rings. The zero-order chi connectivity index (χ0) is 34.6. The number of hydrogen-bond acceptors (Lipinski definition) is 10. The standard InChI is InChI=1S/C37H31F2N7O4/c1-3-25-27(39)9-8-21-13-24(47)14-26(29(21)25)32-20(2)31-30(35(48)50-32)34(42-17-23-16-41-33(43-23)28-7-4-5-11-40-28)45-36(44-31)49-19-37-10-6-12-46(37)18-22(38)15-37/h1,4-5,7-9,11,13-14,16,22,47H,6,10,12,15,17-19H2,2H3,(H,41,43)(H,42,44,45)/t22-,37+/m1/s1. The van der Waals surface area contributed by atoms with Crippen molar-refractivity contribution in [3.8, 4) is 46.9 Å². The quantitative estimate of drug-likeness (QED) is 0.167. The van der Waals surface area contributed by atoms with Gasteiger partial charge in [0.05, 0.1) is 35.1 Å². The summed E-state index contributed by atoms with van der Waals surface area (Å²) in [7, 11) is 0. The van der Waals surface area contributed by atoms with Crippen LogP contribution >= 0.6 is 0 Å². The van der Waals surface area contributed by atoms with Crippen molar-refractivity contribution in [2.24, 2.45) is 0 Å². The maximum absolute atomic E-state index is 14.9. The Balaban J connectivity index is 1.24. The topological polar surface area (TPSA) is 142 Å². The van der Waals surface area contributed by atoms with Gasteiger partial charge in [-0.2, -0.15) is 9.97 Å². The molecule has 0 saturated carbocycles. The number of alkyl halides is 1. The minimum Gasteiger partial charge on any atom is -0.508 e. The number of H-pyrrole nitrogens is 1. The number of pyridine rings is 1. The molecule has 2 aliphatic heterocycles. The predicted octanol–water partition coefficient (Wildman–Crippen LogP) is 5.89. The second-order valence-electron chi connectivity index (χ2n) is 12.8. The third-order valence-electron chi connectivity index (χ3n) is 9.64. The molecular formula is C37H31F2N7O4. The van der Waals surface area contributed by atoms with Crippen LogP contribution in [0.25, 0.3) is 44.5 Å². The first-order valence-electron chi connectivity index (χ1n) is 16.2. The van der Waals surface area contributed by atoms with Crippen molar-refractivity contribution in [1.82, 2.24) is 29.8 Å². The van der Waals surface area contributed by atoms with Crippen LogP contribution in [0, 0.1) is 25.1 Å². The molecule has 6 heterocycles. The fourth-order valence-corrected chi connectivity index (χ4v) is 7.34. The van der Waals surface area contributed by atoms with E-state index in [1.807, 2.05) is 18.2 Å². The first kappa shape index (κ1) is 31.4. The molecule has 252 valence electrons. The summed E-state index contributed by atoms with van der Waals surface area (Å²) in [5, 5.41) is 14.6. The number of anilines is 1. The third kappa shape index (κ3) is 5.38. The van der Waals surface area contributed by atoms with E-state index in [1.54, 1.807) is 19.3 Å². The summed E-state index contributed by atoms with van der Waals surface area (Å²) in [6.45, 7) is 3.21. The molecular weight excluding hydrogens is 644 g/mol. The van der Waals surface area contributed by atoms with E-state index in [0.29, 0.717) is 46.5 Å². The van der Waals surface area contributed by atoms with Gasteiger partial charge in [-0.3, -0.25) is 9.88 Å². The van der Waals surface area contributed by atoms with Gasteiger partial charge in [0, 0.05) is 35.7 Å². The van der Waals surface area contributed by atoms with E-state index >= 15 is 0 Å². The van der Waals surface area contributed by atoms with Crippen LogP contribution in [0.4, 0.5) is 14.6 Å². The van der Waals surface area contributed by atoms with Crippen molar-refractivity contribution in [3.63, 3.8) is 0 Å². The maximum atomic E-state index is 14.9. The average Bonchev–Trinajstić information content (AvgIpc) is 3.82. The molecule has 0 radical (unpaired) electrons. The molecule has 2 atom stereocenters. The number of nitrogens with one attached hydrogen (secondary N) is 2. The number of phenolic OH excluding ortho intramolecular Hbond substituents is 1. The molecule has 6 aromatic rings. The molecule has 4 aromatic heterocycles. The van der Waals surface area contributed by atoms with Crippen LogP contribution in [0.1, 0.15) is 36.1 Å². The van der Waals surface area contributed by atoms with Crippen molar-refractivity contribution in [1.29, 1.82) is 0 Å². The number of rotatable bonds is 8. The largest absolute Gasteiger partial charge is 0.508 e. The van der Waals surface area contributed by atoms with Gasteiger partial charge in [-0.25, -0.2) is 18.6 Å². The van der Waals surface area contributed by atoms with Crippen LogP contribution in [0.5, 0.6) is 11.8 Å². The lowest BCUT2D eigenvalue weighted by Crippen LogP contribution is -2.43. The number of phenols is 1. The second kappa shape index (κ2) is 12.2. The molecule has 13 heteroatoms. The van der Waals surface area contributed by atoms with Crippen LogP contribution in [-0.2, 0) is 6.54 Å². The summed E-state index contributed by atoms with van der Waals surface area (Å²) in [6.07, 6.45) is 10.2. The lowest BCUT2D eigenvalue weighted by molar-refractivity contribution is 0.107. The van der Waals surface area contributed by atoms with E-state index in [-0.39, 0.29) is 58.5 Å². The second-order valence-corrected chi connectivity index (χ2v) is 12.8. The number of halogens is 2. The van der Waals surface area contributed by atoms with Crippen LogP contribution in [0.2, 0.25) is 0 Å².